The third kappa shape index (κ3) is 5.29. The minimum absolute atomic E-state index is 0.256. The number of aliphatic hydroxyl groups is 1. The number of aliphatic imine (C=N–C) groups is 1. The van der Waals surface area contributed by atoms with Gasteiger partial charge in [-0.2, -0.15) is 0 Å². The topological polar surface area (TPSA) is 84.3 Å². The standard InChI is InChI=1S/C21H27N3O4/c1-3-22-21(24-13-18(25)16-5-4-6-17(12-16)26-2)23-10-9-15-7-8-19-20(11-15)28-14-27-19/h4-8,11-12,18,25H,3,9-10,13-14H2,1-2H3,(H2,22,23,24). The highest BCUT2D eigenvalue weighted by Gasteiger charge is 2.13. The first-order valence-electron chi connectivity index (χ1n) is 9.42. The molecule has 3 rings (SSSR count). The van der Waals surface area contributed by atoms with Crippen molar-refractivity contribution in [1.29, 1.82) is 0 Å². The highest BCUT2D eigenvalue weighted by molar-refractivity contribution is 5.79. The van der Waals surface area contributed by atoms with Crippen LogP contribution in [0.2, 0.25) is 0 Å². The average Bonchev–Trinajstić information content (AvgIpc) is 3.19. The van der Waals surface area contributed by atoms with Crippen LogP contribution in [0.1, 0.15) is 24.2 Å². The maximum Gasteiger partial charge on any atom is 0.231 e. The van der Waals surface area contributed by atoms with Gasteiger partial charge in [-0.25, -0.2) is 0 Å². The Morgan fingerprint density at radius 3 is 2.86 bits per heavy atom. The molecule has 0 bridgehead atoms. The van der Waals surface area contributed by atoms with Gasteiger partial charge in [0.25, 0.3) is 0 Å². The average molecular weight is 385 g/mol. The van der Waals surface area contributed by atoms with Crippen LogP contribution in [0.4, 0.5) is 0 Å². The molecule has 0 aromatic heterocycles. The van der Waals surface area contributed by atoms with Crippen LogP contribution in [0.5, 0.6) is 17.2 Å². The maximum atomic E-state index is 10.4. The SMILES string of the molecule is CCNC(=NCC(O)c1cccc(OC)c1)NCCc1ccc2c(c1)OCO2. The van der Waals surface area contributed by atoms with E-state index in [4.69, 9.17) is 14.2 Å². The van der Waals surface area contributed by atoms with Gasteiger partial charge in [-0.05, 0) is 48.7 Å². The predicted molar refractivity (Wildman–Crippen MR) is 108 cm³/mol. The van der Waals surface area contributed by atoms with Gasteiger partial charge in [0, 0.05) is 13.1 Å². The minimum atomic E-state index is -0.695. The second-order valence-electron chi connectivity index (χ2n) is 6.38. The number of hydrogen-bond donors (Lipinski definition) is 3. The van der Waals surface area contributed by atoms with Crippen LogP contribution in [0.25, 0.3) is 0 Å². The lowest BCUT2D eigenvalue weighted by atomic mass is 10.1. The van der Waals surface area contributed by atoms with E-state index in [1.54, 1.807) is 7.11 Å². The van der Waals surface area contributed by atoms with E-state index in [0.29, 0.717) is 18.3 Å². The smallest absolute Gasteiger partial charge is 0.231 e. The number of guanidine groups is 1. The molecule has 0 spiro atoms. The van der Waals surface area contributed by atoms with Crippen LogP contribution in [0, 0.1) is 0 Å². The summed E-state index contributed by atoms with van der Waals surface area (Å²) in [7, 11) is 1.61. The summed E-state index contributed by atoms with van der Waals surface area (Å²) in [5, 5.41) is 16.9. The Kier molecular flexibility index (Phi) is 6.97. The number of nitrogens with one attached hydrogen (secondary N) is 2. The lowest BCUT2D eigenvalue weighted by Gasteiger charge is -2.14. The fraction of sp³-hybridized carbons (Fsp3) is 0.381. The zero-order valence-electron chi connectivity index (χ0n) is 16.3. The van der Waals surface area contributed by atoms with Crippen LogP contribution >= 0.6 is 0 Å². The molecule has 1 unspecified atom stereocenters. The zero-order chi connectivity index (χ0) is 19.8. The number of benzene rings is 2. The summed E-state index contributed by atoms with van der Waals surface area (Å²) in [5.74, 6) is 2.97. The molecule has 150 valence electrons. The quantitative estimate of drug-likeness (QED) is 0.478. The van der Waals surface area contributed by atoms with Gasteiger partial charge in [-0.15, -0.1) is 0 Å². The summed E-state index contributed by atoms with van der Waals surface area (Å²) in [6.07, 6.45) is 0.124. The number of hydrogen-bond acceptors (Lipinski definition) is 5. The van der Waals surface area contributed by atoms with Crippen molar-refractivity contribution in [1.82, 2.24) is 10.6 Å². The molecule has 7 nitrogen and oxygen atoms in total. The molecular weight excluding hydrogens is 358 g/mol. The fourth-order valence-corrected chi connectivity index (χ4v) is 2.90. The molecule has 0 amide bonds. The lowest BCUT2D eigenvalue weighted by molar-refractivity contribution is 0.174. The lowest BCUT2D eigenvalue weighted by Crippen LogP contribution is -2.38. The van der Waals surface area contributed by atoms with E-state index in [1.165, 1.54) is 0 Å². The fourth-order valence-electron chi connectivity index (χ4n) is 2.90. The molecule has 1 aliphatic heterocycles. The molecule has 0 saturated heterocycles. The first kappa shape index (κ1) is 19.8. The van der Waals surface area contributed by atoms with Crippen molar-refractivity contribution in [3.05, 3.63) is 53.6 Å². The number of methoxy groups -OCH3 is 1. The number of ether oxygens (including phenoxy) is 3. The third-order valence-corrected chi connectivity index (χ3v) is 4.39. The molecule has 0 radical (unpaired) electrons. The monoisotopic (exact) mass is 385 g/mol. The largest absolute Gasteiger partial charge is 0.497 e. The van der Waals surface area contributed by atoms with Gasteiger partial charge < -0.3 is 30.0 Å². The molecular formula is C21H27N3O4. The van der Waals surface area contributed by atoms with Crippen LogP contribution in [-0.4, -0.2) is 44.6 Å². The van der Waals surface area contributed by atoms with Crippen molar-refractivity contribution in [2.24, 2.45) is 4.99 Å². The summed E-state index contributed by atoms with van der Waals surface area (Å²) in [6.45, 7) is 4.00. The van der Waals surface area contributed by atoms with Crippen LogP contribution < -0.4 is 24.8 Å². The summed E-state index contributed by atoms with van der Waals surface area (Å²) < 4.78 is 16.0. The normalized spacial score (nSPS) is 13.9. The van der Waals surface area contributed by atoms with Crippen molar-refractivity contribution in [2.75, 3.05) is 33.5 Å². The third-order valence-electron chi connectivity index (χ3n) is 4.39. The van der Waals surface area contributed by atoms with E-state index in [0.717, 1.165) is 35.6 Å². The second-order valence-corrected chi connectivity index (χ2v) is 6.38. The van der Waals surface area contributed by atoms with Crippen molar-refractivity contribution >= 4 is 5.96 Å². The summed E-state index contributed by atoms with van der Waals surface area (Å²) in [6, 6.07) is 13.4. The van der Waals surface area contributed by atoms with Crippen molar-refractivity contribution in [3.63, 3.8) is 0 Å². The Morgan fingerprint density at radius 1 is 1.18 bits per heavy atom. The van der Waals surface area contributed by atoms with Crippen molar-refractivity contribution in [2.45, 2.75) is 19.4 Å². The highest BCUT2D eigenvalue weighted by Crippen LogP contribution is 2.32. The molecule has 1 aliphatic rings. The van der Waals surface area contributed by atoms with E-state index in [9.17, 15) is 5.11 Å². The van der Waals surface area contributed by atoms with Crippen molar-refractivity contribution < 1.29 is 19.3 Å². The molecule has 0 fully saturated rings. The number of nitrogens with zero attached hydrogens (tertiary/aromatic N) is 1. The van der Waals surface area contributed by atoms with E-state index < -0.39 is 6.10 Å². The van der Waals surface area contributed by atoms with Gasteiger partial charge in [0.15, 0.2) is 17.5 Å². The van der Waals surface area contributed by atoms with Gasteiger partial charge in [0.05, 0.1) is 19.8 Å². The van der Waals surface area contributed by atoms with Gasteiger partial charge in [-0.1, -0.05) is 18.2 Å². The molecule has 28 heavy (non-hydrogen) atoms. The highest BCUT2D eigenvalue weighted by atomic mass is 16.7. The molecule has 0 aliphatic carbocycles. The molecule has 3 N–H and O–H groups in total. The Morgan fingerprint density at radius 2 is 2.04 bits per heavy atom. The Hall–Kier alpha value is -2.93. The van der Waals surface area contributed by atoms with Crippen LogP contribution in [0.15, 0.2) is 47.5 Å². The molecule has 1 heterocycles. The number of fused-ring (bicyclic) bond motifs is 1. The molecule has 1 atom stereocenters. The number of aliphatic hydroxyl groups excluding tert-OH is 1. The molecule has 7 heteroatoms. The Bertz CT molecular complexity index is 810. The van der Waals surface area contributed by atoms with Gasteiger partial charge in [0.1, 0.15) is 5.75 Å². The Balaban J connectivity index is 1.53. The van der Waals surface area contributed by atoms with E-state index in [1.807, 2.05) is 49.4 Å². The van der Waals surface area contributed by atoms with Gasteiger partial charge in [0.2, 0.25) is 6.79 Å². The maximum absolute atomic E-state index is 10.4. The molecule has 2 aromatic rings. The van der Waals surface area contributed by atoms with Crippen LogP contribution in [0.3, 0.4) is 0 Å². The summed E-state index contributed by atoms with van der Waals surface area (Å²) in [5.41, 5.74) is 1.93. The van der Waals surface area contributed by atoms with Crippen LogP contribution in [-0.2, 0) is 6.42 Å². The van der Waals surface area contributed by atoms with Crippen molar-refractivity contribution in [3.8, 4) is 17.2 Å². The summed E-state index contributed by atoms with van der Waals surface area (Å²) in [4.78, 5) is 4.49. The van der Waals surface area contributed by atoms with Gasteiger partial charge in [-0.3, -0.25) is 4.99 Å². The first-order chi connectivity index (χ1) is 13.7. The molecule has 2 aromatic carbocycles. The van der Waals surface area contributed by atoms with Gasteiger partial charge >= 0.3 is 0 Å². The van der Waals surface area contributed by atoms with E-state index in [-0.39, 0.29) is 13.3 Å². The second kappa shape index (κ2) is 9.85. The molecule has 0 saturated carbocycles. The number of rotatable bonds is 8. The zero-order valence-corrected chi connectivity index (χ0v) is 16.3. The van der Waals surface area contributed by atoms with E-state index >= 15 is 0 Å². The van der Waals surface area contributed by atoms with E-state index in [2.05, 4.69) is 15.6 Å². The first-order valence-corrected chi connectivity index (χ1v) is 9.42. The Labute approximate surface area is 165 Å². The predicted octanol–water partition coefficient (Wildman–Crippen LogP) is 2.26. The summed E-state index contributed by atoms with van der Waals surface area (Å²) >= 11 is 0. The minimum Gasteiger partial charge on any atom is -0.497 e.